The highest BCUT2D eigenvalue weighted by Crippen LogP contribution is 2.51. The molecule has 0 unspecified atom stereocenters. The Balaban J connectivity index is 1.64. The first kappa shape index (κ1) is 16.1. The van der Waals surface area contributed by atoms with E-state index in [0.29, 0.717) is 9.23 Å². The van der Waals surface area contributed by atoms with E-state index in [0.717, 1.165) is 19.2 Å². The molecule has 6 heteroatoms. The van der Waals surface area contributed by atoms with Crippen molar-refractivity contribution in [2.24, 2.45) is 4.99 Å². The first-order valence-corrected chi connectivity index (χ1v) is 9.62. The molecule has 0 bridgehead atoms. The second kappa shape index (κ2) is 7.70. The van der Waals surface area contributed by atoms with Crippen LogP contribution in [0.15, 0.2) is 79.8 Å². The van der Waals surface area contributed by atoms with Gasteiger partial charge in [0, 0.05) is 4.90 Å². The Hall–Kier alpha value is -0.720. The van der Waals surface area contributed by atoms with Gasteiger partial charge in [-0.2, -0.15) is 0 Å². The van der Waals surface area contributed by atoms with Gasteiger partial charge in [0.1, 0.15) is 4.38 Å². The summed E-state index contributed by atoms with van der Waals surface area (Å²) in [5.41, 5.74) is 0.953. The summed E-state index contributed by atoms with van der Waals surface area (Å²) >= 11 is 16.4. The van der Waals surface area contributed by atoms with E-state index in [-0.39, 0.29) is 0 Å². The third-order valence-corrected chi connectivity index (χ3v) is 7.14. The van der Waals surface area contributed by atoms with E-state index in [1.165, 1.54) is 11.8 Å². The molecule has 3 rings (SSSR count). The van der Waals surface area contributed by atoms with Crippen LogP contribution in [-0.2, 0) is 0 Å². The molecule has 0 aliphatic carbocycles. The summed E-state index contributed by atoms with van der Waals surface area (Å²) < 4.78 is 2.71. The Bertz CT molecular complexity index is 731. The van der Waals surface area contributed by atoms with Crippen molar-refractivity contribution in [3.63, 3.8) is 0 Å². The number of thiocarbonyl (C=S) groups is 1. The quantitative estimate of drug-likeness (QED) is 0.334. The molecule has 0 saturated carbocycles. The van der Waals surface area contributed by atoms with Gasteiger partial charge in [-0.05, 0) is 24.3 Å². The lowest BCUT2D eigenvalue weighted by Crippen LogP contribution is -2.02. The first-order valence-electron chi connectivity index (χ1n) is 6.39. The number of benzene rings is 2. The van der Waals surface area contributed by atoms with Gasteiger partial charge in [-0.15, -0.1) is 0 Å². The van der Waals surface area contributed by atoms with Crippen molar-refractivity contribution in [3.8, 4) is 0 Å². The SMILES string of the molecule is S=C(Sc1ccccc1)C(Cl)=C1SC(=Nc2ccccc2)S1. The van der Waals surface area contributed by atoms with Crippen LogP contribution in [0.5, 0.6) is 0 Å². The molecule has 0 spiro atoms. The van der Waals surface area contributed by atoms with Gasteiger partial charge in [-0.3, -0.25) is 0 Å². The summed E-state index contributed by atoms with van der Waals surface area (Å²) in [6.07, 6.45) is 0. The van der Waals surface area contributed by atoms with Crippen molar-refractivity contribution < 1.29 is 0 Å². The monoisotopic (exact) mass is 379 g/mol. The zero-order valence-electron chi connectivity index (χ0n) is 11.2. The van der Waals surface area contributed by atoms with Crippen LogP contribution in [-0.4, -0.2) is 8.57 Å². The molecule has 2 aromatic rings. The Morgan fingerprint density at radius 1 is 0.955 bits per heavy atom. The highest BCUT2D eigenvalue weighted by molar-refractivity contribution is 8.57. The van der Waals surface area contributed by atoms with Crippen molar-refractivity contribution in [2.75, 3.05) is 0 Å². The molecule has 0 N–H and O–H groups in total. The van der Waals surface area contributed by atoms with Crippen LogP contribution in [0.25, 0.3) is 0 Å². The molecule has 0 amide bonds. The van der Waals surface area contributed by atoms with Crippen molar-refractivity contribution in [1.29, 1.82) is 0 Å². The Labute approximate surface area is 152 Å². The third-order valence-electron chi connectivity index (χ3n) is 2.65. The molecule has 110 valence electrons. The molecule has 1 saturated heterocycles. The minimum atomic E-state index is 0.644. The zero-order chi connectivity index (χ0) is 15.4. The molecular weight excluding hydrogens is 370 g/mol. The molecule has 1 aliphatic rings. The van der Waals surface area contributed by atoms with Gasteiger partial charge in [-0.1, -0.05) is 95.5 Å². The number of aliphatic imine (C=N–C) groups is 1. The van der Waals surface area contributed by atoms with Gasteiger partial charge in [0.15, 0.2) is 0 Å². The molecule has 0 aromatic heterocycles. The summed E-state index contributed by atoms with van der Waals surface area (Å²) in [4.78, 5) is 5.64. The molecule has 2 aromatic carbocycles. The van der Waals surface area contributed by atoms with Gasteiger partial charge >= 0.3 is 0 Å². The Morgan fingerprint density at radius 2 is 1.55 bits per heavy atom. The third kappa shape index (κ3) is 4.18. The average Bonchev–Trinajstić information content (AvgIpc) is 2.52. The molecule has 22 heavy (non-hydrogen) atoms. The van der Waals surface area contributed by atoms with Crippen LogP contribution in [0.2, 0.25) is 0 Å². The van der Waals surface area contributed by atoms with Crippen molar-refractivity contribution >= 4 is 73.4 Å². The molecular formula is C16H10ClNS4. The number of hydrogen-bond donors (Lipinski definition) is 0. The predicted octanol–water partition coefficient (Wildman–Crippen LogP) is 6.68. The summed E-state index contributed by atoms with van der Waals surface area (Å²) in [5, 5.41) is 0.644. The fourth-order valence-electron chi connectivity index (χ4n) is 1.63. The summed E-state index contributed by atoms with van der Waals surface area (Å²) in [7, 11) is 0. The van der Waals surface area contributed by atoms with E-state index in [1.807, 2.05) is 60.7 Å². The second-order valence-corrected chi connectivity index (χ2v) is 8.86. The largest absolute Gasteiger partial charge is 0.234 e. The van der Waals surface area contributed by atoms with Gasteiger partial charge in [-0.25, -0.2) is 4.99 Å². The molecule has 1 nitrogen and oxygen atoms in total. The Kier molecular flexibility index (Phi) is 5.66. The van der Waals surface area contributed by atoms with E-state index in [9.17, 15) is 0 Å². The minimum Gasteiger partial charge on any atom is -0.234 e. The summed E-state index contributed by atoms with van der Waals surface area (Å²) in [6.45, 7) is 0. The van der Waals surface area contributed by atoms with Gasteiger partial charge < -0.3 is 0 Å². The van der Waals surface area contributed by atoms with E-state index < -0.39 is 0 Å². The number of para-hydroxylation sites is 1. The van der Waals surface area contributed by atoms with Crippen LogP contribution in [0.4, 0.5) is 5.69 Å². The van der Waals surface area contributed by atoms with Crippen LogP contribution in [0.3, 0.4) is 0 Å². The van der Waals surface area contributed by atoms with Crippen molar-refractivity contribution in [1.82, 2.24) is 0 Å². The van der Waals surface area contributed by atoms with E-state index in [4.69, 9.17) is 23.8 Å². The highest BCUT2D eigenvalue weighted by atomic mass is 35.5. The average molecular weight is 380 g/mol. The number of rotatable bonds is 3. The normalized spacial score (nSPS) is 13.5. The van der Waals surface area contributed by atoms with Crippen LogP contribution >= 0.6 is 59.1 Å². The summed E-state index contributed by atoms with van der Waals surface area (Å²) in [5.74, 6) is 0. The number of thioether (sulfide) groups is 3. The topological polar surface area (TPSA) is 12.4 Å². The van der Waals surface area contributed by atoms with Gasteiger partial charge in [0.25, 0.3) is 0 Å². The number of nitrogens with zero attached hydrogens (tertiary/aromatic N) is 1. The van der Waals surface area contributed by atoms with Crippen LogP contribution < -0.4 is 0 Å². The van der Waals surface area contributed by atoms with Gasteiger partial charge in [0.2, 0.25) is 0 Å². The van der Waals surface area contributed by atoms with Crippen LogP contribution in [0.1, 0.15) is 0 Å². The predicted molar refractivity (Wildman–Crippen MR) is 106 cm³/mol. The minimum absolute atomic E-state index is 0.644. The van der Waals surface area contributed by atoms with Crippen molar-refractivity contribution in [3.05, 3.63) is 69.9 Å². The first-order chi connectivity index (χ1) is 10.7. The molecule has 1 aliphatic heterocycles. The second-order valence-electron chi connectivity index (χ2n) is 4.22. The lowest BCUT2D eigenvalue weighted by atomic mass is 10.3. The van der Waals surface area contributed by atoms with Crippen molar-refractivity contribution in [2.45, 2.75) is 4.90 Å². The zero-order valence-corrected chi connectivity index (χ0v) is 15.3. The fourth-order valence-corrected chi connectivity index (χ4v) is 5.07. The van der Waals surface area contributed by atoms with Gasteiger partial charge in [0.05, 0.1) is 19.2 Å². The summed E-state index contributed by atoms with van der Waals surface area (Å²) in [6, 6.07) is 19.9. The maximum atomic E-state index is 6.37. The lowest BCUT2D eigenvalue weighted by molar-refractivity contribution is 1.48. The number of hydrogen-bond acceptors (Lipinski definition) is 5. The smallest absolute Gasteiger partial charge is 0.141 e. The standard InChI is InChI=1S/C16H10ClNS4/c17-13(14(19)20-12-9-5-2-6-10-12)15-21-16(22-15)18-11-7-3-1-4-8-11/h1-10H. The number of halogens is 1. The maximum absolute atomic E-state index is 6.37. The lowest BCUT2D eigenvalue weighted by Gasteiger charge is -2.19. The molecule has 0 atom stereocenters. The molecule has 0 radical (unpaired) electrons. The van der Waals surface area contributed by atoms with E-state index >= 15 is 0 Å². The molecule has 1 fully saturated rings. The molecule has 1 heterocycles. The highest BCUT2D eigenvalue weighted by Gasteiger charge is 2.25. The maximum Gasteiger partial charge on any atom is 0.141 e. The Morgan fingerprint density at radius 3 is 2.18 bits per heavy atom. The van der Waals surface area contributed by atoms with E-state index in [1.54, 1.807) is 23.5 Å². The fraction of sp³-hybridized carbons (Fsp3) is 0. The van der Waals surface area contributed by atoms with Crippen LogP contribution in [0, 0.1) is 0 Å². The van der Waals surface area contributed by atoms with E-state index in [2.05, 4.69) is 4.99 Å².